The Hall–Kier alpha value is -1.27. The second-order valence-corrected chi connectivity index (χ2v) is 6.62. The van der Waals surface area contributed by atoms with Crippen molar-refractivity contribution in [3.05, 3.63) is 70.3 Å². The third kappa shape index (κ3) is 1.98. The van der Waals surface area contributed by atoms with Gasteiger partial charge in [0.1, 0.15) is 0 Å². The maximum Gasteiger partial charge on any atom is 0.0657 e. The quantitative estimate of drug-likeness (QED) is 0.665. The fourth-order valence-electron chi connectivity index (χ4n) is 3.72. The van der Waals surface area contributed by atoms with E-state index >= 15 is 0 Å². The molecule has 0 N–H and O–H groups in total. The third-order valence-electron chi connectivity index (χ3n) is 4.94. The molecule has 2 aromatic rings. The molecule has 0 saturated carbocycles. The number of alkyl halides is 1. The van der Waals surface area contributed by atoms with Gasteiger partial charge in [-0.05, 0) is 59.9 Å². The fourth-order valence-corrected chi connectivity index (χ4v) is 4.08. The van der Waals surface area contributed by atoms with Crippen LogP contribution in [0.1, 0.15) is 52.0 Å². The van der Waals surface area contributed by atoms with Gasteiger partial charge in [0.05, 0.1) is 5.38 Å². The fraction of sp³-hybridized carbons (Fsp3) is 0.368. The van der Waals surface area contributed by atoms with Crippen LogP contribution in [0.4, 0.5) is 0 Å². The van der Waals surface area contributed by atoms with Gasteiger partial charge in [-0.3, -0.25) is 0 Å². The van der Waals surface area contributed by atoms with Crippen LogP contribution in [-0.2, 0) is 19.3 Å². The van der Waals surface area contributed by atoms with Crippen LogP contribution < -0.4 is 0 Å². The highest BCUT2D eigenvalue weighted by Crippen LogP contribution is 2.47. The highest BCUT2D eigenvalue weighted by molar-refractivity contribution is 6.21. The summed E-state index contributed by atoms with van der Waals surface area (Å²) in [5.41, 5.74) is 7.31. The Balaban J connectivity index is 1.62. The first-order chi connectivity index (χ1) is 9.83. The van der Waals surface area contributed by atoms with Crippen molar-refractivity contribution in [3.63, 3.8) is 0 Å². The van der Waals surface area contributed by atoms with E-state index in [9.17, 15) is 0 Å². The first-order valence-electron chi connectivity index (χ1n) is 7.66. The van der Waals surface area contributed by atoms with Gasteiger partial charge in [-0.1, -0.05) is 42.5 Å². The summed E-state index contributed by atoms with van der Waals surface area (Å²) in [6.45, 7) is 0. The molecule has 0 fully saturated rings. The molecule has 0 amide bonds. The van der Waals surface area contributed by atoms with Crippen molar-refractivity contribution in [2.75, 3.05) is 0 Å². The van der Waals surface area contributed by atoms with Gasteiger partial charge in [0.2, 0.25) is 0 Å². The standard InChI is InChI=1S/C19H19Cl/c20-19(18-12-15-7-3-4-8-17(15)18)16-10-9-13-5-1-2-6-14(13)11-16/h3-4,7-11,18-19H,1-2,5-6,12H2. The summed E-state index contributed by atoms with van der Waals surface area (Å²) in [5.74, 6) is 0.495. The Morgan fingerprint density at radius 3 is 2.55 bits per heavy atom. The van der Waals surface area contributed by atoms with E-state index in [1.165, 1.54) is 53.5 Å². The Labute approximate surface area is 125 Å². The molecule has 2 aliphatic carbocycles. The largest absolute Gasteiger partial charge is 0.117 e. The van der Waals surface area contributed by atoms with Gasteiger partial charge in [-0.2, -0.15) is 0 Å². The smallest absolute Gasteiger partial charge is 0.0657 e. The molecule has 2 aromatic carbocycles. The molecule has 102 valence electrons. The predicted octanol–water partition coefficient (Wildman–Crippen LogP) is 5.19. The maximum atomic E-state index is 6.78. The summed E-state index contributed by atoms with van der Waals surface area (Å²) >= 11 is 6.78. The number of aryl methyl sites for hydroxylation is 2. The molecule has 2 atom stereocenters. The summed E-state index contributed by atoms with van der Waals surface area (Å²) in [6.07, 6.45) is 6.27. The molecule has 0 aliphatic heterocycles. The van der Waals surface area contributed by atoms with Crippen molar-refractivity contribution < 1.29 is 0 Å². The Morgan fingerprint density at radius 1 is 0.900 bits per heavy atom. The highest BCUT2D eigenvalue weighted by atomic mass is 35.5. The molecule has 0 saturated heterocycles. The van der Waals surface area contributed by atoms with E-state index in [-0.39, 0.29) is 5.38 Å². The van der Waals surface area contributed by atoms with E-state index in [1.54, 1.807) is 0 Å². The molecule has 2 aliphatic rings. The zero-order valence-corrected chi connectivity index (χ0v) is 12.4. The van der Waals surface area contributed by atoms with Crippen LogP contribution in [0.2, 0.25) is 0 Å². The first kappa shape index (κ1) is 12.5. The Bertz CT molecular complexity index is 644. The van der Waals surface area contributed by atoms with Gasteiger partial charge < -0.3 is 0 Å². The minimum Gasteiger partial charge on any atom is -0.117 e. The minimum atomic E-state index is 0.122. The lowest BCUT2D eigenvalue weighted by Gasteiger charge is -2.34. The monoisotopic (exact) mass is 282 g/mol. The van der Waals surface area contributed by atoms with Crippen LogP contribution in [0.15, 0.2) is 42.5 Å². The average Bonchev–Trinajstić information content (AvgIpc) is 2.48. The number of hydrogen-bond donors (Lipinski definition) is 0. The average molecular weight is 283 g/mol. The molecule has 0 bridgehead atoms. The maximum absolute atomic E-state index is 6.78. The van der Waals surface area contributed by atoms with Gasteiger partial charge in [0.15, 0.2) is 0 Å². The van der Waals surface area contributed by atoms with Crippen LogP contribution in [0.3, 0.4) is 0 Å². The van der Waals surface area contributed by atoms with Gasteiger partial charge in [-0.15, -0.1) is 11.6 Å². The van der Waals surface area contributed by atoms with Gasteiger partial charge in [0, 0.05) is 5.92 Å². The van der Waals surface area contributed by atoms with Crippen LogP contribution >= 0.6 is 11.6 Å². The predicted molar refractivity (Wildman–Crippen MR) is 84.6 cm³/mol. The molecule has 0 radical (unpaired) electrons. The van der Waals surface area contributed by atoms with Gasteiger partial charge >= 0.3 is 0 Å². The molecule has 4 rings (SSSR count). The highest BCUT2D eigenvalue weighted by Gasteiger charge is 2.32. The zero-order valence-electron chi connectivity index (χ0n) is 11.6. The van der Waals surface area contributed by atoms with Crippen molar-refractivity contribution in [1.29, 1.82) is 0 Å². The second-order valence-electron chi connectivity index (χ2n) is 6.15. The Morgan fingerprint density at radius 2 is 1.70 bits per heavy atom. The van der Waals surface area contributed by atoms with Crippen molar-refractivity contribution in [3.8, 4) is 0 Å². The molecule has 1 heteroatoms. The van der Waals surface area contributed by atoms with E-state index in [2.05, 4.69) is 42.5 Å². The third-order valence-corrected chi connectivity index (χ3v) is 5.49. The molecule has 0 aromatic heterocycles. The molecular weight excluding hydrogens is 264 g/mol. The zero-order chi connectivity index (χ0) is 13.5. The molecule has 2 unspecified atom stereocenters. The molecule has 20 heavy (non-hydrogen) atoms. The lowest BCUT2D eigenvalue weighted by atomic mass is 9.74. The van der Waals surface area contributed by atoms with Crippen LogP contribution in [0.25, 0.3) is 0 Å². The van der Waals surface area contributed by atoms with Crippen LogP contribution in [0, 0.1) is 0 Å². The van der Waals surface area contributed by atoms with Gasteiger partial charge in [-0.25, -0.2) is 0 Å². The number of benzene rings is 2. The first-order valence-corrected chi connectivity index (χ1v) is 8.10. The lowest BCUT2D eigenvalue weighted by molar-refractivity contribution is 0.585. The molecule has 0 spiro atoms. The van der Waals surface area contributed by atoms with Crippen LogP contribution in [0.5, 0.6) is 0 Å². The normalized spacial score (nSPS) is 21.6. The minimum absolute atomic E-state index is 0.122. The van der Waals surface area contributed by atoms with E-state index in [1.807, 2.05) is 0 Å². The summed E-state index contributed by atoms with van der Waals surface area (Å²) in [5, 5.41) is 0.122. The second kappa shape index (κ2) is 4.93. The van der Waals surface area contributed by atoms with E-state index in [0.717, 1.165) is 6.42 Å². The number of halogens is 1. The lowest BCUT2D eigenvalue weighted by Crippen LogP contribution is -2.21. The molecule has 0 nitrogen and oxygen atoms in total. The topological polar surface area (TPSA) is 0 Å². The van der Waals surface area contributed by atoms with E-state index < -0.39 is 0 Å². The summed E-state index contributed by atoms with van der Waals surface area (Å²) in [4.78, 5) is 0. The summed E-state index contributed by atoms with van der Waals surface area (Å²) < 4.78 is 0. The summed E-state index contributed by atoms with van der Waals surface area (Å²) in [6, 6.07) is 15.6. The number of rotatable bonds is 2. The van der Waals surface area contributed by atoms with Crippen LogP contribution in [-0.4, -0.2) is 0 Å². The Kier molecular flexibility index (Phi) is 3.07. The van der Waals surface area contributed by atoms with Crippen molar-refractivity contribution in [2.24, 2.45) is 0 Å². The number of hydrogen-bond acceptors (Lipinski definition) is 0. The van der Waals surface area contributed by atoms with E-state index in [4.69, 9.17) is 11.6 Å². The van der Waals surface area contributed by atoms with E-state index in [0.29, 0.717) is 5.92 Å². The van der Waals surface area contributed by atoms with Crippen molar-refractivity contribution >= 4 is 11.6 Å². The van der Waals surface area contributed by atoms with Crippen molar-refractivity contribution in [2.45, 2.75) is 43.4 Å². The number of fused-ring (bicyclic) bond motifs is 2. The molecule has 0 heterocycles. The summed E-state index contributed by atoms with van der Waals surface area (Å²) in [7, 11) is 0. The van der Waals surface area contributed by atoms with Crippen molar-refractivity contribution in [1.82, 2.24) is 0 Å². The SMILES string of the molecule is ClC(c1ccc2c(c1)CCCC2)C1Cc2ccccc21. The molecular formula is C19H19Cl. The van der Waals surface area contributed by atoms with Gasteiger partial charge in [0.25, 0.3) is 0 Å².